The molecular formula is C33H43BN6O12P2. The zero-order valence-electron chi connectivity index (χ0n) is 30.0. The first-order chi connectivity index (χ1) is 25.7. The summed E-state index contributed by atoms with van der Waals surface area (Å²) in [5.74, 6) is -1.68. The maximum Gasteiger partial charge on any atom is 0.618 e. The summed E-state index contributed by atoms with van der Waals surface area (Å²) in [5.41, 5.74) is -0.692. The average molecular weight is 788 g/mol. The molecule has 5 N–H and O–H groups in total. The first-order valence-electron chi connectivity index (χ1n) is 16.9. The van der Waals surface area contributed by atoms with Crippen molar-refractivity contribution in [2.24, 2.45) is 5.92 Å². The van der Waals surface area contributed by atoms with Gasteiger partial charge in [0, 0.05) is 45.5 Å². The molecule has 0 saturated carbocycles. The molecule has 0 radical (unpaired) electrons. The number of nitrogens with zero attached hydrogens (tertiary/aromatic N) is 3. The Morgan fingerprint density at radius 3 is 2.39 bits per heavy atom. The number of rotatable bonds is 18. The third-order valence-electron chi connectivity index (χ3n) is 7.99. The van der Waals surface area contributed by atoms with Crippen LogP contribution in [0.4, 0.5) is 10.5 Å². The number of carbonyl (C=O) groups excluding carboxylic acids is 4. The van der Waals surface area contributed by atoms with Crippen LogP contribution in [0, 0.1) is 5.92 Å². The maximum absolute atomic E-state index is 13.8. The van der Waals surface area contributed by atoms with E-state index in [1.54, 1.807) is 18.2 Å². The molecule has 4 rings (SSSR count). The van der Waals surface area contributed by atoms with E-state index in [1.807, 2.05) is 49.5 Å². The molecule has 1 aliphatic heterocycles. The van der Waals surface area contributed by atoms with Crippen molar-refractivity contribution >= 4 is 52.2 Å². The van der Waals surface area contributed by atoms with E-state index >= 15 is 0 Å². The Hall–Kier alpha value is -4.80. The second kappa shape index (κ2) is 19.5. The van der Waals surface area contributed by atoms with Crippen molar-refractivity contribution in [2.75, 3.05) is 25.7 Å². The Morgan fingerprint density at radius 1 is 1.02 bits per heavy atom. The van der Waals surface area contributed by atoms with Gasteiger partial charge in [-0.25, -0.2) is 9.78 Å². The van der Waals surface area contributed by atoms with Crippen molar-refractivity contribution in [3.63, 3.8) is 0 Å². The molecule has 21 heteroatoms. The van der Waals surface area contributed by atoms with Crippen molar-refractivity contribution in [3.05, 3.63) is 78.4 Å². The van der Waals surface area contributed by atoms with Crippen LogP contribution in [0.15, 0.2) is 67.1 Å². The van der Waals surface area contributed by atoms with Gasteiger partial charge < -0.3 is 44.3 Å². The highest BCUT2D eigenvalue weighted by molar-refractivity contribution is 7.65. The molecule has 0 saturated heterocycles. The van der Waals surface area contributed by atoms with Crippen molar-refractivity contribution < 1.29 is 56.7 Å². The normalized spacial score (nSPS) is 14.4. The molecule has 1 aliphatic rings. The quantitative estimate of drug-likeness (QED) is 0.0707. The number of fused-ring (bicyclic) bond motifs is 1. The Balaban J connectivity index is 1.36. The Labute approximate surface area is 312 Å². The van der Waals surface area contributed by atoms with Crippen LogP contribution < -0.4 is 30.2 Å². The van der Waals surface area contributed by atoms with Gasteiger partial charge in [-0.1, -0.05) is 44.2 Å². The molecule has 4 amide bonds. The van der Waals surface area contributed by atoms with Gasteiger partial charge in [0.1, 0.15) is 23.2 Å². The number of anilines is 1. The molecule has 1 aromatic heterocycles. The summed E-state index contributed by atoms with van der Waals surface area (Å²) >= 11 is 0. The van der Waals surface area contributed by atoms with Crippen molar-refractivity contribution in [1.29, 1.82) is 0 Å². The summed E-state index contributed by atoms with van der Waals surface area (Å²) in [4.78, 5) is 79.7. The molecule has 18 nitrogen and oxygen atoms in total. The Kier molecular flexibility index (Phi) is 15.2. The van der Waals surface area contributed by atoms with Crippen LogP contribution in [0.1, 0.15) is 49.2 Å². The van der Waals surface area contributed by atoms with Gasteiger partial charge in [-0.2, -0.15) is 0 Å². The summed E-state index contributed by atoms with van der Waals surface area (Å²) < 4.78 is 45.4. The van der Waals surface area contributed by atoms with Crippen molar-refractivity contribution in [3.8, 4) is 11.5 Å². The van der Waals surface area contributed by atoms with Gasteiger partial charge in [0.2, 0.25) is 25.4 Å². The van der Waals surface area contributed by atoms with Crippen LogP contribution in [0.5, 0.6) is 11.5 Å². The number of nitrogens with one attached hydrogen (secondary N) is 3. The molecular weight excluding hydrogens is 745 g/mol. The molecule has 54 heavy (non-hydrogen) atoms. The van der Waals surface area contributed by atoms with Crippen LogP contribution in [0.2, 0.25) is 0 Å². The van der Waals surface area contributed by atoms with Crippen molar-refractivity contribution in [1.82, 2.24) is 25.9 Å². The van der Waals surface area contributed by atoms with Crippen molar-refractivity contribution in [2.45, 2.75) is 57.0 Å². The standard InChI is InChI=1S/C33H43BN6O12P2/c1-21(2)17-28(38-30(42)24(18-22-9-6-5-7-10-22)37-31(43)25-20-35-14-15-36-25)34-51-26-13-12-23(19-27(26)52-34)40(3)33(44)50-16-8-11-29(41)39-32(53(45)49-4)54(46,47)48/h5-7,9-10,12-15,19-21,24,28,32,53H,8,11,16-18H2,1-4H3,(H,37,43)(H,38,42)(H,39,41)(H2,46,47,48)/t24-,28-,32?/m1/s1. The molecule has 0 fully saturated rings. The van der Waals surface area contributed by atoms with Gasteiger partial charge in [-0.3, -0.25) is 33.4 Å². The minimum Gasteiger partial charge on any atom is -0.522 e. The fraction of sp³-hybridized carbons (Fsp3) is 0.394. The fourth-order valence-corrected chi connectivity index (χ4v) is 7.51. The first kappa shape index (κ1) is 42.0. The monoisotopic (exact) mass is 788 g/mol. The number of ether oxygens (including phenoxy) is 1. The van der Waals surface area contributed by atoms with E-state index in [0.29, 0.717) is 23.6 Å². The first-order valence-corrected chi connectivity index (χ1v) is 19.9. The van der Waals surface area contributed by atoms with Gasteiger partial charge >= 0.3 is 20.8 Å². The van der Waals surface area contributed by atoms with Crippen LogP contribution >= 0.6 is 15.6 Å². The van der Waals surface area contributed by atoms with E-state index < -0.39 is 64.1 Å². The van der Waals surface area contributed by atoms with Crippen LogP contribution in [-0.2, 0) is 34.4 Å². The lowest BCUT2D eigenvalue weighted by atomic mass is 9.74. The van der Waals surface area contributed by atoms with Gasteiger partial charge in [-0.15, -0.1) is 0 Å². The second-order valence-electron chi connectivity index (χ2n) is 12.6. The summed E-state index contributed by atoms with van der Waals surface area (Å²) in [7, 11) is -6.66. The minimum atomic E-state index is -4.93. The molecule has 0 bridgehead atoms. The van der Waals surface area contributed by atoms with Crippen LogP contribution in [0.25, 0.3) is 0 Å². The summed E-state index contributed by atoms with van der Waals surface area (Å²) in [6.07, 6.45) is 3.77. The Morgan fingerprint density at radius 2 is 1.74 bits per heavy atom. The fourth-order valence-electron chi connectivity index (χ4n) is 5.28. The summed E-state index contributed by atoms with van der Waals surface area (Å²) in [6, 6.07) is 13.0. The molecule has 4 atom stereocenters. The molecule has 2 heterocycles. The largest absolute Gasteiger partial charge is 0.618 e. The van der Waals surface area contributed by atoms with Gasteiger partial charge in [0.15, 0.2) is 0 Å². The number of aromatic nitrogens is 2. The molecule has 2 unspecified atom stereocenters. The summed E-state index contributed by atoms with van der Waals surface area (Å²) in [5, 5.41) is 7.80. The maximum atomic E-state index is 13.8. The SMILES string of the molecule is CO[PH](=O)C(NC(=O)CCCOC(=O)N(C)c1ccc2c(c1)OB([C@@H](CC(C)C)NC(=O)[C@@H](Cc1ccccc1)NC(=O)c1cnccn1)O2)P(=O)(O)O. The van der Waals surface area contributed by atoms with Crippen LogP contribution in [0.3, 0.4) is 0 Å². The number of hydrogen-bond acceptors (Lipinski definition) is 12. The predicted molar refractivity (Wildman–Crippen MR) is 197 cm³/mol. The molecule has 290 valence electrons. The average Bonchev–Trinajstić information content (AvgIpc) is 3.58. The number of hydrogen-bond donors (Lipinski definition) is 5. The summed E-state index contributed by atoms with van der Waals surface area (Å²) in [6.45, 7) is 3.75. The Bertz CT molecular complexity index is 1840. The zero-order chi connectivity index (χ0) is 39.4. The van der Waals surface area contributed by atoms with E-state index in [9.17, 15) is 38.1 Å². The van der Waals surface area contributed by atoms with Crippen LogP contribution in [-0.4, -0.2) is 89.0 Å². The van der Waals surface area contributed by atoms with E-state index in [-0.39, 0.29) is 37.5 Å². The topological polar surface area (TPSA) is 245 Å². The second-order valence-corrected chi connectivity index (χ2v) is 16.4. The molecule has 2 aromatic carbocycles. The van der Waals surface area contributed by atoms with Gasteiger partial charge in [-0.05, 0) is 36.5 Å². The lowest BCUT2D eigenvalue weighted by Crippen LogP contribution is -2.57. The van der Waals surface area contributed by atoms with Gasteiger partial charge in [0.25, 0.3) is 5.91 Å². The predicted octanol–water partition coefficient (Wildman–Crippen LogP) is 2.90. The minimum absolute atomic E-state index is 0.00915. The zero-order valence-corrected chi connectivity index (χ0v) is 31.9. The van der Waals surface area contributed by atoms with E-state index in [1.165, 1.54) is 30.5 Å². The molecule has 0 spiro atoms. The molecule has 3 aromatic rings. The van der Waals surface area contributed by atoms with Gasteiger partial charge in [0.05, 0.1) is 24.4 Å². The van der Waals surface area contributed by atoms with E-state index in [2.05, 4.69) is 25.1 Å². The highest BCUT2D eigenvalue weighted by Crippen LogP contribution is 2.51. The lowest BCUT2D eigenvalue weighted by Gasteiger charge is -2.25. The highest BCUT2D eigenvalue weighted by atomic mass is 31.2. The highest BCUT2D eigenvalue weighted by Gasteiger charge is 2.43. The number of benzene rings is 2. The lowest BCUT2D eigenvalue weighted by molar-refractivity contribution is -0.123. The van der Waals surface area contributed by atoms with E-state index in [4.69, 9.17) is 14.0 Å². The number of amides is 4. The third-order valence-corrected chi connectivity index (χ3v) is 11.4. The smallest absolute Gasteiger partial charge is 0.522 e. The number of carbonyl (C=O) groups is 4. The third kappa shape index (κ3) is 12.1. The van der Waals surface area contributed by atoms with E-state index in [0.717, 1.165) is 12.7 Å². The molecule has 0 aliphatic carbocycles.